The Labute approximate surface area is 354 Å². The van der Waals surface area contributed by atoms with Crippen LogP contribution in [0.2, 0.25) is 0 Å². The number of aromatic nitrogens is 1. The molecule has 1 aromatic heterocycles. The summed E-state index contributed by atoms with van der Waals surface area (Å²) in [5, 5.41) is 7.46. The normalized spacial score (nSPS) is 12.2. The van der Waals surface area contributed by atoms with Gasteiger partial charge in [-0.3, -0.25) is 0 Å². The minimum absolute atomic E-state index is 0.0753. The Morgan fingerprint density at radius 3 is 1.24 bits per heavy atom. The molecule has 0 aliphatic rings. The van der Waals surface area contributed by atoms with E-state index in [1.807, 2.05) is 66.7 Å². The molecular formula is C54H33F6NSi. The first-order chi connectivity index (χ1) is 30.0. The highest BCUT2D eigenvalue weighted by molar-refractivity contribution is 7.16. The van der Waals surface area contributed by atoms with E-state index in [9.17, 15) is 26.3 Å². The number of rotatable bonds is 5. The third kappa shape index (κ3) is 6.53. The van der Waals surface area contributed by atoms with Crippen LogP contribution in [0.1, 0.15) is 16.7 Å². The molecule has 0 spiro atoms. The Hall–Kier alpha value is -7.34. The van der Waals surface area contributed by atoms with Crippen LogP contribution in [0.15, 0.2) is 200 Å². The van der Waals surface area contributed by atoms with Gasteiger partial charge >= 0.3 is 12.4 Å². The lowest BCUT2D eigenvalue weighted by molar-refractivity contribution is -0.138. The molecule has 0 amide bonds. The highest BCUT2D eigenvalue weighted by Crippen LogP contribution is 2.43. The van der Waals surface area contributed by atoms with E-state index in [2.05, 4.69) is 109 Å². The molecule has 0 atom stereocenters. The van der Waals surface area contributed by atoms with Gasteiger partial charge in [0, 0.05) is 22.0 Å². The maximum atomic E-state index is 14.0. The molecule has 9 aromatic carbocycles. The van der Waals surface area contributed by atoms with Gasteiger partial charge in [-0.05, 0) is 96.8 Å². The summed E-state index contributed by atoms with van der Waals surface area (Å²) in [4.78, 5) is 0. The Kier molecular flexibility index (Phi) is 9.38. The average Bonchev–Trinajstić information content (AvgIpc) is 3.63. The zero-order chi connectivity index (χ0) is 42.6. The van der Waals surface area contributed by atoms with E-state index in [4.69, 9.17) is 0 Å². The van der Waals surface area contributed by atoms with Gasteiger partial charge in [-0.25, -0.2) is 0 Å². The highest BCUT2D eigenvalue weighted by Gasteiger charge is 2.38. The lowest BCUT2D eigenvalue weighted by Gasteiger charge is -2.28. The van der Waals surface area contributed by atoms with Crippen molar-refractivity contribution in [3.63, 3.8) is 0 Å². The van der Waals surface area contributed by atoms with Crippen molar-refractivity contribution in [2.24, 2.45) is 0 Å². The Morgan fingerprint density at radius 2 is 0.806 bits per heavy atom. The predicted molar refractivity (Wildman–Crippen MR) is 242 cm³/mol. The second-order valence-electron chi connectivity index (χ2n) is 15.3. The molecule has 0 aliphatic carbocycles. The van der Waals surface area contributed by atoms with E-state index in [1.54, 1.807) is 4.57 Å². The third-order valence-electron chi connectivity index (χ3n) is 11.7. The van der Waals surface area contributed by atoms with Gasteiger partial charge in [0.2, 0.25) is 8.07 Å². The fourth-order valence-electron chi connectivity index (χ4n) is 8.97. The highest BCUT2D eigenvalue weighted by atomic mass is 28.3. The molecule has 0 N–H and O–H groups in total. The first kappa shape index (κ1) is 38.8. The van der Waals surface area contributed by atoms with E-state index < -0.39 is 31.6 Å². The lowest BCUT2D eigenvalue weighted by Crippen LogP contribution is -2.66. The minimum Gasteiger partial charge on any atom is -0.309 e. The number of halogens is 6. The third-order valence-corrected chi connectivity index (χ3v) is 15.8. The summed E-state index contributed by atoms with van der Waals surface area (Å²) >= 11 is 0. The molecule has 0 saturated carbocycles. The van der Waals surface area contributed by atoms with Crippen molar-refractivity contribution in [2.45, 2.75) is 12.4 Å². The summed E-state index contributed by atoms with van der Waals surface area (Å²) in [6.45, 7) is 0. The van der Waals surface area contributed by atoms with Crippen molar-refractivity contribution in [2.75, 3.05) is 0 Å². The molecule has 0 aliphatic heterocycles. The molecule has 300 valence electrons. The zero-order valence-corrected chi connectivity index (χ0v) is 33.8. The summed E-state index contributed by atoms with van der Waals surface area (Å²) in [6, 6.07) is 61.9. The summed E-state index contributed by atoms with van der Waals surface area (Å²) in [6.07, 6.45) is -9.37. The van der Waals surface area contributed by atoms with E-state index in [0.29, 0.717) is 16.7 Å². The Bertz CT molecular complexity index is 3150. The minimum atomic E-state index is -4.68. The Morgan fingerprint density at radius 1 is 0.387 bits per heavy atom. The molecule has 0 radical (unpaired) electrons. The summed E-state index contributed by atoms with van der Waals surface area (Å²) in [7, 11) is -2.96. The molecule has 10 aromatic rings. The molecule has 0 fully saturated rings. The molecule has 62 heavy (non-hydrogen) atoms. The van der Waals surface area contributed by atoms with Crippen LogP contribution >= 0.6 is 0 Å². The molecule has 1 heterocycles. The van der Waals surface area contributed by atoms with Crippen LogP contribution in [-0.2, 0) is 12.4 Å². The van der Waals surface area contributed by atoms with Crippen LogP contribution in [0, 0.1) is 11.5 Å². The van der Waals surface area contributed by atoms with E-state index in [0.717, 1.165) is 62.5 Å². The van der Waals surface area contributed by atoms with E-state index in [-0.39, 0.29) is 10.8 Å². The summed E-state index contributed by atoms with van der Waals surface area (Å²) in [5.74, 6) is 3.80. The number of alkyl halides is 6. The van der Waals surface area contributed by atoms with Gasteiger partial charge in [-0.2, -0.15) is 26.3 Å². The quantitative estimate of drug-likeness (QED) is 0.0535. The zero-order valence-electron chi connectivity index (χ0n) is 32.8. The average molecular weight is 838 g/mol. The van der Waals surface area contributed by atoms with Crippen LogP contribution in [0.4, 0.5) is 26.3 Å². The maximum Gasteiger partial charge on any atom is 0.416 e. The predicted octanol–water partition coefficient (Wildman–Crippen LogP) is 12.9. The van der Waals surface area contributed by atoms with Gasteiger partial charge in [0.05, 0.1) is 22.2 Å². The van der Waals surface area contributed by atoms with Gasteiger partial charge in [0.25, 0.3) is 0 Å². The maximum absolute atomic E-state index is 14.0. The molecule has 10 rings (SSSR count). The van der Waals surface area contributed by atoms with Gasteiger partial charge in [-0.15, -0.1) is 5.54 Å². The van der Waals surface area contributed by atoms with Crippen molar-refractivity contribution in [1.29, 1.82) is 0 Å². The van der Waals surface area contributed by atoms with Crippen molar-refractivity contribution in [3.8, 4) is 28.3 Å². The molecular weight excluding hydrogens is 805 g/mol. The first-order valence-electron chi connectivity index (χ1n) is 20.0. The largest absolute Gasteiger partial charge is 0.416 e. The van der Waals surface area contributed by atoms with Gasteiger partial charge in [0.1, 0.15) is 0 Å². The van der Waals surface area contributed by atoms with Crippen molar-refractivity contribution < 1.29 is 26.3 Å². The molecule has 0 saturated heterocycles. The molecule has 0 unspecified atom stereocenters. The van der Waals surface area contributed by atoms with Gasteiger partial charge < -0.3 is 4.57 Å². The smallest absolute Gasteiger partial charge is 0.309 e. The van der Waals surface area contributed by atoms with Crippen LogP contribution in [0.3, 0.4) is 0 Å². The van der Waals surface area contributed by atoms with Crippen molar-refractivity contribution in [3.05, 3.63) is 217 Å². The standard InChI is InChI=1S/C54H33F6NSi/c55-53(56,57)37-27-29-50-48(34-37)49-35-38(54(58,59)60)28-30-51(49)61(50)39-16-14-15-36(33-39)52-46-25-12-10-23-43(46)45(44-24-11-13-26-47(44)52)31-32-62(40-17-4-1-5-18-40,41-19-6-2-7-20-41)42-21-8-3-9-22-42/h1-30,33-35H. The fourth-order valence-corrected chi connectivity index (χ4v) is 12.8. The Balaban J connectivity index is 1.22. The monoisotopic (exact) mass is 837 g/mol. The van der Waals surface area contributed by atoms with Crippen LogP contribution in [-0.4, -0.2) is 12.6 Å². The van der Waals surface area contributed by atoms with Crippen LogP contribution in [0.25, 0.3) is 60.2 Å². The van der Waals surface area contributed by atoms with Gasteiger partial charge in [0.15, 0.2) is 0 Å². The summed E-state index contributed by atoms with van der Waals surface area (Å²) < 4.78 is 85.6. The SMILES string of the molecule is FC(F)(F)c1ccc2c(c1)c1cc(C(F)(F)F)ccc1n2-c1cccc(-c2c3ccccc3c(C#C[Si](c3ccccc3)(c3ccccc3)c3ccccc3)c3ccccc23)c1. The second-order valence-corrected chi connectivity index (χ2v) is 18.8. The topological polar surface area (TPSA) is 4.93 Å². The number of nitrogens with zero attached hydrogens (tertiary/aromatic N) is 1. The number of fused-ring (bicyclic) bond motifs is 5. The van der Waals surface area contributed by atoms with Gasteiger partial charge in [-0.1, -0.05) is 158 Å². The van der Waals surface area contributed by atoms with Crippen molar-refractivity contribution >= 4 is 67.0 Å². The fraction of sp³-hybridized carbons (Fsp3) is 0.0370. The van der Waals surface area contributed by atoms with Crippen LogP contribution < -0.4 is 15.6 Å². The molecule has 8 heteroatoms. The van der Waals surface area contributed by atoms with E-state index >= 15 is 0 Å². The van der Waals surface area contributed by atoms with E-state index in [1.165, 1.54) is 27.7 Å². The number of benzene rings is 9. The van der Waals surface area contributed by atoms with Crippen LogP contribution in [0.5, 0.6) is 0 Å². The first-order valence-corrected chi connectivity index (χ1v) is 22.0. The molecule has 0 bridgehead atoms. The lowest BCUT2D eigenvalue weighted by atomic mass is 9.88. The second kappa shape index (κ2) is 15.0. The number of hydrogen-bond acceptors (Lipinski definition) is 0. The molecule has 1 nitrogen and oxygen atoms in total. The summed E-state index contributed by atoms with van der Waals surface area (Å²) in [5.41, 5.74) is 6.04. The number of hydrogen-bond donors (Lipinski definition) is 0. The van der Waals surface area contributed by atoms with Crippen molar-refractivity contribution in [1.82, 2.24) is 4.57 Å².